The number of hydrogen-bond donors (Lipinski definition) is 3. The molecule has 4 amide bonds. The maximum absolute atomic E-state index is 11.9. The molecule has 0 aromatic heterocycles. The molecular weight excluding hydrogens is 560 g/mol. The van der Waals surface area contributed by atoms with Gasteiger partial charge in [0.2, 0.25) is 28.2 Å². The lowest BCUT2D eigenvalue weighted by Gasteiger charge is -2.19. The summed E-state index contributed by atoms with van der Waals surface area (Å²) in [6.45, 7) is 16.5. The average Bonchev–Trinajstić information content (AvgIpc) is 3.80. The summed E-state index contributed by atoms with van der Waals surface area (Å²) >= 11 is 0. The Kier molecular flexibility index (Phi) is 17.6. The zero-order chi connectivity index (χ0) is 32.6. The topological polar surface area (TPSA) is 165 Å². The molecule has 3 fully saturated rings. The van der Waals surface area contributed by atoms with Crippen LogP contribution < -0.4 is 15.8 Å². The molecule has 1 heterocycles. The average molecular weight is 617 g/mol. The number of alkyl carbamates (subject to hydrolysis) is 1. The number of allylic oxidation sites excluding steroid dienone is 2. The predicted octanol–water partition coefficient (Wildman–Crippen LogP) is 4.41. The normalized spacial score (nSPS) is 21.7. The number of nitrogens with two attached hydrogens (primary N) is 1. The Morgan fingerprint density at radius 1 is 1.12 bits per heavy atom. The second kappa shape index (κ2) is 18.8. The van der Waals surface area contributed by atoms with E-state index in [1.54, 1.807) is 6.92 Å². The van der Waals surface area contributed by atoms with E-state index in [1.165, 1.54) is 24.2 Å². The van der Waals surface area contributed by atoms with Crippen LogP contribution in [-0.2, 0) is 29.1 Å². The minimum atomic E-state index is -3.47. The van der Waals surface area contributed by atoms with Crippen molar-refractivity contribution in [2.75, 3.05) is 13.1 Å². The van der Waals surface area contributed by atoms with E-state index in [1.807, 2.05) is 41.5 Å². The summed E-state index contributed by atoms with van der Waals surface area (Å²) in [5.41, 5.74) is 4.63. The molecular formula is C30H56N4O7S. The van der Waals surface area contributed by atoms with Crippen LogP contribution in [0.4, 0.5) is 4.79 Å². The first-order chi connectivity index (χ1) is 19.6. The number of sulfonamides is 1. The smallest absolute Gasteiger partial charge is 0.407 e. The highest BCUT2D eigenvalue weighted by atomic mass is 32.2. The molecule has 0 bridgehead atoms. The van der Waals surface area contributed by atoms with Gasteiger partial charge in [-0.05, 0) is 85.5 Å². The number of likely N-dealkylation sites (tertiary alicyclic amines) is 1. The van der Waals surface area contributed by atoms with Gasteiger partial charge < -0.3 is 20.7 Å². The fourth-order valence-corrected chi connectivity index (χ4v) is 5.27. The van der Waals surface area contributed by atoms with Crippen LogP contribution in [0.1, 0.15) is 113 Å². The Balaban J connectivity index is 0.000000645. The van der Waals surface area contributed by atoms with Crippen LogP contribution in [0, 0.1) is 11.8 Å². The fraction of sp³-hybridized carbons (Fsp3) is 0.800. The molecule has 1 aliphatic heterocycles. The summed E-state index contributed by atoms with van der Waals surface area (Å²) in [6.07, 6.45) is 12.9. The Morgan fingerprint density at radius 2 is 1.74 bits per heavy atom. The van der Waals surface area contributed by atoms with Gasteiger partial charge in [-0.15, -0.1) is 0 Å². The number of hydrogen-bond acceptors (Lipinski definition) is 7. The number of carbonyl (C=O) groups excluding carboxylic acids is 4. The van der Waals surface area contributed by atoms with Gasteiger partial charge in [0, 0.05) is 19.0 Å². The standard InChI is InChI=1S/C15H25NO3S.C7H15NO2.C6H10N2O2.C2H6/c1-3-4-5-6-7-8-12-11-13(12)14(17)16-20(18,19)15(2)9-10-15;1-5-8-6(9)10-7(2,3)4;7-6(10)5-2-1-3-8(5)4-9;1-2/h7-8,12-13H,3-6,9-11H2,1-2H3,(H,16,17);5H2,1-4H3,(H,8,9);4-5H,1-3H2,(H2,7,10);1-2H3/b8-7-;;;. The van der Waals surface area contributed by atoms with Crippen molar-refractivity contribution in [2.45, 2.75) is 130 Å². The van der Waals surface area contributed by atoms with Crippen molar-refractivity contribution in [3.63, 3.8) is 0 Å². The van der Waals surface area contributed by atoms with Gasteiger partial charge in [-0.25, -0.2) is 13.2 Å². The molecule has 2 saturated carbocycles. The lowest BCUT2D eigenvalue weighted by molar-refractivity contribution is -0.128. The Morgan fingerprint density at radius 3 is 2.19 bits per heavy atom. The highest BCUT2D eigenvalue weighted by Crippen LogP contribution is 2.44. The highest BCUT2D eigenvalue weighted by molar-refractivity contribution is 7.91. The van der Waals surface area contributed by atoms with Gasteiger partial charge in [-0.3, -0.25) is 19.1 Å². The maximum Gasteiger partial charge on any atom is 0.407 e. The quantitative estimate of drug-likeness (QED) is 0.176. The maximum atomic E-state index is 11.9. The van der Waals surface area contributed by atoms with E-state index in [4.69, 9.17) is 10.5 Å². The van der Waals surface area contributed by atoms with Crippen LogP contribution in [0.15, 0.2) is 12.2 Å². The molecule has 3 aliphatic rings. The number of primary amides is 1. The van der Waals surface area contributed by atoms with E-state index in [2.05, 4.69) is 29.1 Å². The minimum absolute atomic E-state index is 0.144. The lowest BCUT2D eigenvalue weighted by Crippen LogP contribution is -2.39. The van der Waals surface area contributed by atoms with Crippen molar-refractivity contribution in [1.29, 1.82) is 0 Å². The second-order valence-corrected chi connectivity index (χ2v) is 14.0. The fourth-order valence-electron chi connectivity index (χ4n) is 3.97. The summed E-state index contributed by atoms with van der Waals surface area (Å²) in [5, 5.41) is 2.54. The van der Waals surface area contributed by atoms with Gasteiger partial charge >= 0.3 is 6.09 Å². The van der Waals surface area contributed by atoms with Gasteiger partial charge in [0.25, 0.3) is 0 Å². The first-order valence-corrected chi connectivity index (χ1v) is 16.8. The first-order valence-electron chi connectivity index (χ1n) is 15.3. The number of rotatable bonds is 11. The van der Waals surface area contributed by atoms with Crippen molar-refractivity contribution in [1.82, 2.24) is 14.9 Å². The molecule has 1 saturated heterocycles. The molecule has 3 rings (SSSR count). The third-order valence-corrected chi connectivity index (χ3v) is 9.03. The van der Waals surface area contributed by atoms with Crippen LogP contribution in [0.25, 0.3) is 0 Å². The number of carbonyl (C=O) groups is 4. The molecule has 4 N–H and O–H groups in total. The molecule has 0 radical (unpaired) electrons. The van der Waals surface area contributed by atoms with Crippen LogP contribution >= 0.6 is 0 Å². The van der Waals surface area contributed by atoms with E-state index in [9.17, 15) is 27.6 Å². The number of nitrogens with one attached hydrogen (secondary N) is 2. The van der Waals surface area contributed by atoms with E-state index in [0.29, 0.717) is 38.8 Å². The largest absolute Gasteiger partial charge is 0.444 e. The van der Waals surface area contributed by atoms with Crippen molar-refractivity contribution >= 4 is 34.3 Å². The summed E-state index contributed by atoms with van der Waals surface area (Å²) in [6, 6.07) is -0.350. The molecule has 2 aliphatic carbocycles. The summed E-state index contributed by atoms with van der Waals surface area (Å²) in [5.74, 6) is -0.626. The molecule has 11 nitrogen and oxygen atoms in total. The highest BCUT2D eigenvalue weighted by Gasteiger charge is 2.52. The zero-order valence-electron chi connectivity index (χ0n) is 27.0. The van der Waals surface area contributed by atoms with Gasteiger partial charge in [0.1, 0.15) is 11.6 Å². The van der Waals surface area contributed by atoms with Gasteiger partial charge in [0.05, 0.1) is 4.75 Å². The lowest BCUT2D eigenvalue weighted by atomic mass is 10.2. The second-order valence-electron chi connectivity index (χ2n) is 11.8. The molecule has 244 valence electrons. The number of nitrogens with zero attached hydrogens (tertiary/aromatic N) is 1. The van der Waals surface area contributed by atoms with Crippen molar-refractivity contribution in [2.24, 2.45) is 17.6 Å². The van der Waals surface area contributed by atoms with Gasteiger partial charge in [0.15, 0.2) is 0 Å². The number of amides is 4. The summed E-state index contributed by atoms with van der Waals surface area (Å²) in [7, 11) is -3.47. The zero-order valence-corrected chi connectivity index (χ0v) is 27.8. The predicted molar refractivity (Wildman–Crippen MR) is 166 cm³/mol. The van der Waals surface area contributed by atoms with Crippen LogP contribution in [0.3, 0.4) is 0 Å². The molecule has 3 unspecified atom stereocenters. The monoisotopic (exact) mass is 616 g/mol. The summed E-state index contributed by atoms with van der Waals surface area (Å²) < 4.78 is 30.4. The molecule has 12 heteroatoms. The SMILES string of the molecule is CC.CCCCC/C=C\C1CC1C(=O)NS(=O)(=O)C1(C)CC1.CCNC(=O)OC(C)(C)C.NC(=O)C1CCCN1C=O. The van der Waals surface area contributed by atoms with Crippen molar-refractivity contribution in [3.05, 3.63) is 12.2 Å². The summed E-state index contributed by atoms with van der Waals surface area (Å²) in [4.78, 5) is 44.9. The van der Waals surface area contributed by atoms with E-state index in [-0.39, 0.29) is 35.5 Å². The van der Waals surface area contributed by atoms with Crippen LogP contribution in [-0.4, -0.2) is 67.1 Å². The Bertz CT molecular complexity index is 988. The van der Waals surface area contributed by atoms with Crippen LogP contribution in [0.5, 0.6) is 0 Å². The Labute approximate surface area is 253 Å². The van der Waals surface area contributed by atoms with Gasteiger partial charge in [-0.1, -0.05) is 45.8 Å². The molecule has 0 aromatic rings. The van der Waals surface area contributed by atoms with Gasteiger partial charge in [-0.2, -0.15) is 0 Å². The molecule has 0 aromatic carbocycles. The van der Waals surface area contributed by atoms with Crippen LogP contribution in [0.2, 0.25) is 0 Å². The van der Waals surface area contributed by atoms with Crippen molar-refractivity contribution < 1.29 is 32.3 Å². The van der Waals surface area contributed by atoms with Crippen molar-refractivity contribution in [3.8, 4) is 0 Å². The molecule has 3 atom stereocenters. The number of unbranched alkanes of at least 4 members (excludes halogenated alkanes) is 3. The Hall–Kier alpha value is -2.63. The van der Waals surface area contributed by atoms with E-state index < -0.39 is 20.7 Å². The third kappa shape index (κ3) is 15.0. The minimum Gasteiger partial charge on any atom is -0.444 e. The third-order valence-electron chi connectivity index (χ3n) is 6.85. The molecule has 42 heavy (non-hydrogen) atoms. The molecule has 0 spiro atoms. The van der Waals surface area contributed by atoms with E-state index in [0.717, 1.165) is 19.3 Å². The van der Waals surface area contributed by atoms with E-state index >= 15 is 0 Å². The number of ether oxygens (including phenoxy) is 1. The first kappa shape index (κ1) is 39.4.